The van der Waals surface area contributed by atoms with Crippen molar-refractivity contribution in [1.82, 2.24) is 5.32 Å². The van der Waals surface area contributed by atoms with Crippen LogP contribution >= 0.6 is 0 Å². The van der Waals surface area contributed by atoms with Gasteiger partial charge in [0.15, 0.2) is 17.7 Å². The van der Waals surface area contributed by atoms with E-state index >= 15 is 0 Å². The van der Waals surface area contributed by atoms with E-state index in [1.165, 1.54) is 6.08 Å². The molecule has 1 unspecified atom stereocenters. The summed E-state index contributed by atoms with van der Waals surface area (Å²) in [4.78, 5) is 10.7. The summed E-state index contributed by atoms with van der Waals surface area (Å²) < 4.78 is 11.3. The molecule has 0 spiro atoms. The van der Waals surface area contributed by atoms with Gasteiger partial charge in [0, 0.05) is 0 Å². The molecule has 0 aliphatic heterocycles. The van der Waals surface area contributed by atoms with Gasteiger partial charge in [0.25, 0.3) is 0 Å². The first-order chi connectivity index (χ1) is 10.2. The van der Waals surface area contributed by atoms with Crippen LogP contribution in [0.25, 0.3) is 0 Å². The van der Waals surface area contributed by atoms with E-state index in [4.69, 9.17) is 14.6 Å². The maximum Gasteiger partial charge on any atom is 0.407 e. The normalized spacial score (nSPS) is 11.2. The minimum absolute atomic E-state index is 0.417. The maximum absolute atomic E-state index is 10.7. The largest absolute Gasteiger partial charge is 0.465 e. The highest BCUT2D eigenvalue weighted by atomic mass is 16.5. The molecule has 2 aromatic rings. The monoisotopic (exact) mass is 285 g/mol. The predicted octanol–water partition coefficient (Wildman–Crippen LogP) is 3.64. The second-order valence-corrected chi connectivity index (χ2v) is 4.09. The van der Waals surface area contributed by atoms with Crippen LogP contribution in [-0.2, 0) is 0 Å². The Bertz CT molecular complexity index is 613. The molecule has 0 aliphatic carbocycles. The van der Waals surface area contributed by atoms with Gasteiger partial charge in [-0.1, -0.05) is 36.9 Å². The summed E-state index contributed by atoms with van der Waals surface area (Å²) >= 11 is 0. The van der Waals surface area contributed by atoms with Gasteiger partial charge in [0.2, 0.25) is 0 Å². The number of benzene rings is 2. The number of carbonyl (C=O) groups is 1. The summed E-state index contributed by atoms with van der Waals surface area (Å²) in [7, 11) is 0. The number of amides is 1. The molecule has 0 saturated heterocycles. The molecule has 0 heterocycles. The lowest BCUT2D eigenvalue weighted by Crippen LogP contribution is -2.36. The third-order valence-electron chi connectivity index (χ3n) is 2.55. The molecule has 21 heavy (non-hydrogen) atoms. The van der Waals surface area contributed by atoms with Crippen LogP contribution in [0.1, 0.15) is 0 Å². The second kappa shape index (κ2) is 7.00. The average molecular weight is 285 g/mol. The summed E-state index contributed by atoms with van der Waals surface area (Å²) in [6, 6.07) is 16.2. The Kier molecular flexibility index (Phi) is 4.82. The molecule has 0 saturated carbocycles. The number of para-hydroxylation sites is 3. The van der Waals surface area contributed by atoms with E-state index < -0.39 is 12.3 Å². The molecule has 1 amide bonds. The van der Waals surface area contributed by atoms with E-state index in [1.54, 1.807) is 24.3 Å². The fraction of sp³-hybridized carbons (Fsp3) is 0.0625. The van der Waals surface area contributed by atoms with Gasteiger partial charge in [-0.15, -0.1) is 0 Å². The fourth-order valence-electron chi connectivity index (χ4n) is 1.64. The van der Waals surface area contributed by atoms with Crippen molar-refractivity contribution in [3.8, 4) is 17.2 Å². The van der Waals surface area contributed by atoms with E-state index in [-0.39, 0.29) is 0 Å². The predicted molar refractivity (Wildman–Crippen MR) is 78.7 cm³/mol. The molecule has 0 aromatic heterocycles. The van der Waals surface area contributed by atoms with Crippen molar-refractivity contribution in [1.29, 1.82) is 0 Å². The third kappa shape index (κ3) is 4.28. The molecule has 2 aromatic carbocycles. The molecule has 1 atom stereocenters. The zero-order chi connectivity index (χ0) is 15.1. The quantitative estimate of drug-likeness (QED) is 0.628. The molecular weight excluding hydrogens is 270 g/mol. The van der Waals surface area contributed by atoms with Gasteiger partial charge in [0.05, 0.1) is 0 Å². The molecular formula is C16H15NO4. The van der Waals surface area contributed by atoms with Crippen molar-refractivity contribution in [2.75, 3.05) is 0 Å². The van der Waals surface area contributed by atoms with Gasteiger partial charge in [-0.2, -0.15) is 0 Å². The minimum Gasteiger partial charge on any atom is -0.465 e. The molecule has 5 heteroatoms. The Morgan fingerprint density at radius 1 is 1.10 bits per heavy atom. The lowest BCUT2D eigenvalue weighted by atomic mass is 10.3. The Morgan fingerprint density at radius 3 is 2.33 bits per heavy atom. The van der Waals surface area contributed by atoms with Gasteiger partial charge < -0.3 is 14.6 Å². The van der Waals surface area contributed by atoms with E-state index in [0.29, 0.717) is 17.2 Å². The van der Waals surface area contributed by atoms with Crippen molar-refractivity contribution in [2.24, 2.45) is 0 Å². The summed E-state index contributed by atoms with van der Waals surface area (Å²) in [5.41, 5.74) is 0. The summed E-state index contributed by atoms with van der Waals surface area (Å²) in [5, 5.41) is 10.9. The highest BCUT2D eigenvalue weighted by molar-refractivity contribution is 5.65. The van der Waals surface area contributed by atoms with Crippen LogP contribution in [0.5, 0.6) is 17.2 Å². The van der Waals surface area contributed by atoms with Crippen molar-refractivity contribution in [3.63, 3.8) is 0 Å². The van der Waals surface area contributed by atoms with Gasteiger partial charge in [-0.25, -0.2) is 4.79 Å². The zero-order valence-corrected chi connectivity index (χ0v) is 11.2. The zero-order valence-electron chi connectivity index (χ0n) is 11.2. The first kappa shape index (κ1) is 14.5. The average Bonchev–Trinajstić information content (AvgIpc) is 2.49. The van der Waals surface area contributed by atoms with Gasteiger partial charge >= 0.3 is 6.09 Å². The van der Waals surface area contributed by atoms with Crippen molar-refractivity contribution >= 4 is 6.09 Å². The number of hydrogen-bond acceptors (Lipinski definition) is 3. The van der Waals surface area contributed by atoms with Gasteiger partial charge in [-0.3, -0.25) is 5.32 Å². The molecule has 0 bridgehead atoms. The van der Waals surface area contributed by atoms with Crippen LogP contribution in [-0.4, -0.2) is 17.4 Å². The maximum atomic E-state index is 10.7. The first-order valence-electron chi connectivity index (χ1n) is 6.29. The van der Waals surface area contributed by atoms with Crippen LogP contribution in [0.4, 0.5) is 4.79 Å². The molecule has 0 aliphatic rings. The van der Waals surface area contributed by atoms with Gasteiger partial charge in [0.1, 0.15) is 5.75 Å². The molecule has 0 radical (unpaired) electrons. The summed E-state index contributed by atoms with van der Waals surface area (Å²) in [5.74, 6) is 1.57. The van der Waals surface area contributed by atoms with Crippen LogP contribution < -0.4 is 14.8 Å². The molecule has 2 N–H and O–H groups in total. The van der Waals surface area contributed by atoms with Crippen LogP contribution in [0, 0.1) is 0 Å². The number of nitrogens with one attached hydrogen (secondary N) is 1. The standard InChI is InChI=1S/C16H15NO4/c1-2-15(17-16(18)19)21-14-11-7-6-10-13(14)20-12-8-4-3-5-9-12/h2-11,15,17H,1H2,(H,18,19). The molecule has 5 nitrogen and oxygen atoms in total. The van der Waals surface area contributed by atoms with Crippen LogP contribution in [0.15, 0.2) is 67.3 Å². The highest BCUT2D eigenvalue weighted by Crippen LogP contribution is 2.31. The molecule has 2 rings (SSSR count). The van der Waals surface area contributed by atoms with E-state index in [9.17, 15) is 4.79 Å². The van der Waals surface area contributed by atoms with E-state index in [2.05, 4.69) is 11.9 Å². The second-order valence-electron chi connectivity index (χ2n) is 4.09. The topological polar surface area (TPSA) is 67.8 Å². The van der Waals surface area contributed by atoms with Crippen LogP contribution in [0.2, 0.25) is 0 Å². The Morgan fingerprint density at radius 2 is 1.71 bits per heavy atom. The van der Waals surface area contributed by atoms with Gasteiger partial charge in [-0.05, 0) is 30.3 Å². The van der Waals surface area contributed by atoms with Crippen molar-refractivity contribution in [2.45, 2.75) is 6.23 Å². The number of ether oxygens (including phenoxy) is 2. The first-order valence-corrected chi connectivity index (χ1v) is 6.29. The SMILES string of the molecule is C=CC(NC(=O)O)Oc1ccccc1Oc1ccccc1. The summed E-state index contributed by atoms with van der Waals surface area (Å²) in [6.45, 7) is 3.53. The van der Waals surface area contributed by atoms with Crippen LogP contribution in [0.3, 0.4) is 0 Å². The molecule has 108 valence electrons. The smallest absolute Gasteiger partial charge is 0.407 e. The van der Waals surface area contributed by atoms with Crippen molar-refractivity contribution in [3.05, 3.63) is 67.3 Å². The Labute approximate surface area is 122 Å². The molecule has 0 fully saturated rings. The highest BCUT2D eigenvalue weighted by Gasteiger charge is 2.12. The lowest BCUT2D eigenvalue weighted by Gasteiger charge is -2.17. The van der Waals surface area contributed by atoms with Crippen molar-refractivity contribution < 1.29 is 19.4 Å². The third-order valence-corrected chi connectivity index (χ3v) is 2.55. The lowest BCUT2D eigenvalue weighted by molar-refractivity contribution is 0.158. The van der Waals surface area contributed by atoms with E-state index in [0.717, 1.165) is 0 Å². The fourth-order valence-corrected chi connectivity index (χ4v) is 1.64. The van der Waals surface area contributed by atoms with E-state index in [1.807, 2.05) is 30.3 Å². The Hall–Kier alpha value is -2.95. The minimum atomic E-state index is -1.19. The number of carboxylic acid groups (broad SMARTS) is 1. The summed E-state index contributed by atoms with van der Waals surface area (Å²) in [6.07, 6.45) is -0.697. The number of hydrogen-bond donors (Lipinski definition) is 2. The Balaban J connectivity index is 2.16. The number of rotatable bonds is 6.